The van der Waals surface area contributed by atoms with Crippen molar-refractivity contribution in [2.75, 3.05) is 6.26 Å². The first-order valence-corrected chi connectivity index (χ1v) is 7.12. The zero-order valence-electron chi connectivity index (χ0n) is 8.06. The fourth-order valence-electron chi connectivity index (χ4n) is 3.01. The van der Waals surface area contributed by atoms with Gasteiger partial charge in [-0.25, -0.2) is 13.4 Å². The predicted molar refractivity (Wildman–Crippen MR) is 58.3 cm³/mol. The Hall–Kier alpha value is -0.250. The molecule has 2 aliphatic rings. The fraction of sp³-hybridized carbons (Fsp3) is 0.889. The first-order valence-electron chi connectivity index (χ1n) is 4.76. The summed E-state index contributed by atoms with van der Waals surface area (Å²) in [5.74, 6) is 0.529. The Labute approximate surface area is 89.5 Å². The molecule has 2 bridgehead atoms. The van der Waals surface area contributed by atoms with Crippen LogP contribution in [0.3, 0.4) is 0 Å². The van der Waals surface area contributed by atoms with Crippen molar-refractivity contribution in [2.24, 2.45) is 10.9 Å². The van der Waals surface area contributed by atoms with Gasteiger partial charge in [-0.3, -0.25) is 0 Å². The third kappa shape index (κ3) is 1.44. The maximum absolute atomic E-state index is 11.6. The molecule has 3 atom stereocenters. The van der Waals surface area contributed by atoms with Crippen LogP contribution in [0.1, 0.15) is 25.7 Å². The molecule has 78 valence electrons. The molecule has 3 nitrogen and oxygen atoms in total. The van der Waals surface area contributed by atoms with Crippen molar-refractivity contribution in [1.29, 1.82) is 0 Å². The molecule has 2 rings (SSSR count). The van der Waals surface area contributed by atoms with Crippen LogP contribution in [0.2, 0.25) is 0 Å². The third-order valence-corrected chi connectivity index (χ3v) is 5.32. The first-order chi connectivity index (χ1) is 6.48. The van der Waals surface area contributed by atoms with Crippen LogP contribution in [0.5, 0.6) is 0 Å². The standard InChI is InChI=1S/C9H13NO2S2/c1-14(11,12)8-4-7-2-3-9(8,5-7)10-6-13/h7-8H,2-5H2,1H3. The summed E-state index contributed by atoms with van der Waals surface area (Å²) in [6.45, 7) is 0. The molecule has 2 aliphatic carbocycles. The number of fused-ring (bicyclic) bond motifs is 2. The summed E-state index contributed by atoms with van der Waals surface area (Å²) < 4.78 is 23.2. The molecule has 0 heterocycles. The smallest absolute Gasteiger partial charge is 0.152 e. The quantitative estimate of drug-likeness (QED) is 0.534. The number of isothiocyanates is 1. The molecule has 0 aromatic carbocycles. The largest absolute Gasteiger partial charge is 0.229 e. The molecule has 0 amide bonds. The van der Waals surface area contributed by atoms with Gasteiger partial charge in [-0.1, -0.05) is 0 Å². The van der Waals surface area contributed by atoms with Crippen molar-refractivity contribution in [3.63, 3.8) is 0 Å². The fourth-order valence-corrected chi connectivity index (χ4v) is 4.88. The second-order valence-electron chi connectivity index (χ2n) is 4.47. The van der Waals surface area contributed by atoms with Crippen molar-refractivity contribution in [1.82, 2.24) is 0 Å². The van der Waals surface area contributed by atoms with Crippen LogP contribution in [0, 0.1) is 5.92 Å². The zero-order valence-corrected chi connectivity index (χ0v) is 9.70. The number of nitrogens with zero attached hydrogens (tertiary/aromatic N) is 1. The van der Waals surface area contributed by atoms with Gasteiger partial charge in [0, 0.05) is 6.26 Å². The average molecular weight is 231 g/mol. The van der Waals surface area contributed by atoms with E-state index in [4.69, 9.17) is 0 Å². The lowest BCUT2D eigenvalue weighted by atomic mass is 9.94. The van der Waals surface area contributed by atoms with E-state index in [1.165, 1.54) is 6.26 Å². The lowest BCUT2D eigenvalue weighted by Crippen LogP contribution is -2.40. The number of rotatable bonds is 2. The molecular formula is C9H13NO2S2. The highest BCUT2D eigenvalue weighted by Gasteiger charge is 2.56. The van der Waals surface area contributed by atoms with Crippen LogP contribution in [0.4, 0.5) is 0 Å². The first kappa shape index (κ1) is 10.3. The van der Waals surface area contributed by atoms with Crippen LogP contribution >= 0.6 is 12.2 Å². The average Bonchev–Trinajstić information content (AvgIpc) is 2.59. The molecule has 2 fully saturated rings. The minimum Gasteiger partial charge on any atom is -0.229 e. The van der Waals surface area contributed by atoms with Gasteiger partial charge in [0.15, 0.2) is 9.84 Å². The molecule has 0 aliphatic heterocycles. The van der Waals surface area contributed by atoms with Gasteiger partial charge in [0.2, 0.25) is 0 Å². The Morgan fingerprint density at radius 3 is 2.79 bits per heavy atom. The van der Waals surface area contributed by atoms with Crippen LogP contribution in [-0.4, -0.2) is 30.6 Å². The summed E-state index contributed by atoms with van der Waals surface area (Å²) in [6, 6.07) is 0. The van der Waals surface area contributed by atoms with Gasteiger partial charge in [-0.05, 0) is 43.8 Å². The van der Waals surface area contributed by atoms with Gasteiger partial charge in [-0.2, -0.15) is 0 Å². The monoisotopic (exact) mass is 231 g/mol. The van der Waals surface area contributed by atoms with E-state index in [0.717, 1.165) is 25.7 Å². The summed E-state index contributed by atoms with van der Waals surface area (Å²) in [4.78, 5) is 4.15. The van der Waals surface area contributed by atoms with Gasteiger partial charge in [-0.15, -0.1) is 0 Å². The van der Waals surface area contributed by atoms with Crippen molar-refractivity contribution in [3.05, 3.63) is 0 Å². The molecule has 2 saturated carbocycles. The molecule has 3 unspecified atom stereocenters. The van der Waals surface area contributed by atoms with E-state index >= 15 is 0 Å². The van der Waals surface area contributed by atoms with E-state index in [2.05, 4.69) is 22.4 Å². The Bertz CT molecular complexity index is 397. The number of hydrogen-bond donors (Lipinski definition) is 0. The number of sulfone groups is 1. The Morgan fingerprint density at radius 1 is 1.57 bits per heavy atom. The second kappa shape index (κ2) is 3.12. The van der Waals surface area contributed by atoms with Crippen molar-refractivity contribution in [2.45, 2.75) is 36.5 Å². The number of aliphatic imine (C=N–C) groups is 1. The molecule has 0 saturated heterocycles. The van der Waals surface area contributed by atoms with E-state index in [0.29, 0.717) is 5.92 Å². The molecule has 0 aromatic heterocycles. The molecule has 0 aromatic rings. The highest BCUT2D eigenvalue weighted by atomic mass is 32.2. The van der Waals surface area contributed by atoms with Crippen molar-refractivity contribution in [3.8, 4) is 0 Å². The molecule has 14 heavy (non-hydrogen) atoms. The Morgan fingerprint density at radius 2 is 2.29 bits per heavy atom. The maximum atomic E-state index is 11.6. The van der Waals surface area contributed by atoms with Gasteiger partial charge >= 0.3 is 0 Å². The van der Waals surface area contributed by atoms with E-state index in [1.807, 2.05) is 0 Å². The van der Waals surface area contributed by atoms with Crippen molar-refractivity contribution >= 4 is 27.2 Å². The maximum Gasteiger partial charge on any atom is 0.152 e. The highest BCUT2D eigenvalue weighted by Crippen LogP contribution is 2.52. The van der Waals surface area contributed by atoms with Crippen LogP contribution in [-0.2, 0) is 9.84 Å². The minimum absolute atomic E-state index is 0.316. The van der Waals surface area contributed by atoms with E-state index < -0.39 is 15.4 Å². The summed E-state index contributed by atoms with van der Waals surface area (Å²) in [5, 5.41) is 2.06. The number of hydrogen-bond acceptors (Lipinski definition) is 4. The summed E-state index contributed by atoms with van der Waals surface area (Å²) >= 11 is 4.61. The van der Waals surface area contributed by atoms with Crippen LogP contribution in [0.25, 0.3) is 0 Å². The SMILES string of the molecule is CS(=O)(=O)C1CC2CCC1(N=C=S)C2. The van der Waals surface area contributed by atoms with Crippen molar-refractivity contribution < 1.29 is 8.42 Å². The predicted octanol–water partition coefficient (Wildman–Crippen LogP) is 1.45. The molecule has 5 heteroatoms. The highest BCUT2D eigenvalue weighted by molar-refractivity contribution is 7.91. The molecule has 0 spiro atoms. The van der Waals surface area contributed by atoms with Gasteiger partial charge < -0.3 is 0 Å². The Kier molecular flexibility index (Phi) is 2.29. The Balaban J connectivity index is 2.42. The second-order valence-corrected chi connectivity index (χ2v) is 6.88. The number of thiocarbonyl (C=S) groups is 1. The summed E-state index contributed by atoms with van der Waals surface area (Å²) in [5.41, 5.74) is -0.417. The van der Waals surface area contributed by atoms with E-state index in [1.54, 1.807) is 0 Å². The van der Waals surface area contributed by atoms with E-state index in [9.17, 15) is 8.42 Å². The van der Waals surface area contributed by atoms with E-state index in [-0.39, 0.29) is 5.25 Å². The lowest BCUT2D eigenvalue weighted by Gasteiger charge is -2.28. The zero-order chi connectivity index (χ0) is 10.4. The molecule has 0 N–H and O–H groups in total. The topological polar surface area (TPSA) is 46.5 Å². The molecular weight excluding hydrogens is 218 g/mol. The summed E-state index contributed by atoms with van der Waals surface area (Å²) in [7, 11) is -2.99. The van der Waals surface area contributed by atoms with Crippen LogP contribution < -0.4 is 0 Å². The minimum atomic E-state index is -2.99. The van der Waals surface area contributed by atoms with Gasteiger partial charge in [0.05, 0.1) is 16.0 Å². The lowest BCUT2D eigenvalue weighted by molar-refractivity contribution is 0.417. The van der Waals surface area contributed by atoms with Gasteiger partial charge in [0.1, 0.15) is 0 Å². The third-order valence-electron chi connectivity index (χ3n) is 3.56. The summed E-state index contributed by atoms with van der Waals surface area (Å²) in [6.07, 6.45) is 4.90. The normalized spacial score (nSPS) is 40.9. The van der Waals surface area contributed by atoms with Gasteiger partial charge in [0.25, 0.3) is 0 Å². The van der Waals surface area contributed by atoms with Crippen LogP contribution in [0.15, 0.2) is 4.99 Å². The molecule has 0 radical (unpaired) electrons.